The third-order valence-electron chi connectivity index (χ3n) is 5.00. The first-order valence-corrected chi connectivity index (χ1v) is 11.3. The number of nitrogens with two attached hydrogens (primary N) is 1. The van der Waals surface area contributed by atoms with Crippen molar-refractivity contribution in [3.05, 3.63) is 105 Å². The van der Waals surface area contributed by atoms with E-state index in [0.717, 1.165) is 46.2 Å². The quantitative estimate of drug-likeness (QED) is 0.375. The molecule has 3 aromatic carbocycles. The lowest BCUT2D eigenvalue weighted by Gasteiger charge is -2.10. The standard InChI is InChI=1S/C25H24ClN3S.H2/c26-22-10-8-21(9-11-22)24-18-30-25(28-23-12-6-20(7-13-23)14-16-27)29(24)17-15-19-4-2-1-3-5-19;/h1-13,18H,14-17,27H2;1H. The van der Waals surface area contributed by atoms with Crippen molar-refractivity contribution >= 4 is 28.6 Å². The molecule has 1 aromatic heterocycles. The molecule has 0 aliphatic heterocycles. The Hall–Kier alpha value is -2.66. The Bertz CT molecular complexity index is 1150. The first kappa shape index (κ1) is 20.6. The van der Waals surface area contributed by atoms with Gasteiger partial charge >= 0.3 is 0 Å². The number of rotatable bonds is 7. The van der Waals surface area contributed by atoms with Crippen LogP contribution in [0, 0.1) is 0 Å². The molecule has 154 valence electrons. The van der Waals surface area contributed by atoms with Crippen molar-refractivity contribution in [1.29, 1.82) is 0 Å². The molecule has 0 fully saturated rings. The normalized spacial score (nSPS) is 11.7. The Balaban J connectivity index is 0.00000272. The molecule has 5 heteroatoms. The van der Waals surface area contributed by atoms with Crippen LogP contribution in [0.1, 0.15) is 12.6 Å². The summed E-state index contributed by atoms with van der Waals surface area (Å²) in [5.41, 5.74) is 11.5. The minimum Gasteiger partial charge on any atom is -0.330 e. The number of halogens is 1. The van der Waals surface area contributed by atoms with Crippen molar-refractivity contribution < 1.29 is 1.43 Å². The van der Waals surface area contributed by atoms with Gasteiger partial charge < -0.3 is 10.3 Å². The second-order valence-corrected chi connectivity index (χ2v) is 8.39. The number of hydrogen-bond acceptors (Lipinski definition) is 3. The molecule has 0 radical (unpaired) electrons. The molecule has 0 atom stereocenters. The van der Waals surface area contributed by atoms with Crippen molar-refractivity contribution in [3.8, 4) is 11.3 Å². The maximum absolute atomic E-state index is 6.10. The predicted molar refractivity (Wildman–Crippen MR) is 129 cm³/mol. The molecule has 0 unspecified atom stereocenters. The maximum atomic E-state index is 6.10. The third-order valence-corrected chi connectivity index (χ3v) is 6.11. The lowest BCUT2D eigenvalue weighted by molar-refractivity contribution is 0.684. The first-order valence-electron chi connectivity index (χ1n) is 10.0. The summed E-state index contributed by atoms with van der Waals surface area (Å²) in [6.45, 7) is 1.51. The molecule has 0 bridgehead atoms. The molecule has 1 heterocycles. The van der Waals surface area contributed by atoms with Gasteiger partial charge in [0.15, 0.2) is 4.80 Å². The van der Waals surface area contributed by atoms with Crippen LogP contribution in [0.15, 0.2) is 89.2 Å². The Labute approximate surface area is 187 Å². The van der Waals surface area contributed by atoms with Gasteiger partial charge in [0.1, 0.15) is 0 Å². The van der Waals surface area contributed by atoms with Crippen LogP contribution in [-0.2, 0) is 19.4 Å². The Kier molecular flexibility index (Phi) is 6.80. The molecule has 4 rings (SSSR count). The monoisotopic (exact) mass is 435 g/mol. The summed E-state index contributed by atoms with van der Waals surface area (Å²) >= 11 is 7.76. The van der Waals surface area contributed by atoms with E-state index in [0.29, 0.717) is 6.54 Å². The summed E-state index contributed by atoms with van der Waals surface area (Å²) in [6, 6.07) is 26.9. The molecule has 0 amide bonds. The van der Waals surface area contributed by atoms with Gasteiger partial charge in [-0.15, -0.1) is 11.3 Å². The van der Waals surface area contributed by atoms with Crippen LogP contribution >= 0.6 is 22.9 Å². The second-order valence-electron chi connectivity index (χ2n) is 7.11. The van der Waals surface area contributed by atoms with Crippen LogP contribution in [0.3, 0.4) is 0 Å². The van der Waals surface area contributed by atoms with Crippen molar-refractivity contribution in [2.45, 2.75) is 19.4 Å². The first-order chi connectivity index (χ1) is 14.7. The predicted octanol–water partition coefficient (Wildman–Crippen LogP) is 6.09. The average molecular weight is 436 g/mol. The van der Waals surface area contributed by atoms with Crippen LogP contribution in [0.2, 0.25) is 5.02 Å². The highest BCUT2D eigenvalue weighted by molar-refractivity contribution is 7.07. The molecule has 30 heavy (non-hydrogen) atoms. The van der Waals surface area contributed by atoms with E-state index in [1.807, 2.05) is 12.1 Å². The van der Waals surface area contributed by atoms with Gasteiger partial charge in [0.2, 0.25) is 0 Å². The van der Waals surface area contributed by atoms with Gasteiger partial charge in [-0.1, -0.05) is 66.2 Å². The summed E-state index contributed by atoms with van der Waals surface area (Å²) in [4.78, 5) is 5.93. The fourth-order valence-corrected chi connectivity index (χ4v) is 4.47. The van der Waals surface area contributed by atoms with E-state index in [1.54, 1.807) is 11.3 Å². The molecule has 0 aliphatic rings. The van der Waals surface area contributed by atoms with E-state index in [-0.39, 0.29) is 1.43 Å². The zero-order valence-corrected chi connectivity index (χ0v) is 18.2. The van der Waals surface area contributed by atoms with Crippen LogP contribution < -0.4 is 10.5 Å². The summed E-state index contributed by atoms with van der Waals surface area (Å²) in [5, 5.41) is 2.92. The van der Waals surface area contributed by atoms with Gasteiger partial charge in [0.05, 0.1) is 11.4 Å². The van der Waals surface area contributed by atoms with Crippen LogP contribution in [-0.4, -0.2) is 11.1 Å². The summed E-state index contributed by atoms with van der Waals surface area (Å²) in [5.74, 6) is 0. The minimum atomic E-state index is 0. The number of thiazole rings is 1. The maximum Gasteiger partial charge on any atom is 0.190 e. The van der Waals surface area contributed by atoms with Crippen molar-refractivity contribution in [2.24, 2.45) is 10.7 Å². The number of nitrogens with zero attached hydrogens (tertiary/aromatic N) is 2. The fourth-order valence-electron chi connectivity index (χ4n) is 3.39. The van der Waals surface area contributed by atoms with E-state index in [1.165, 1.54) is 11.1 Å². The lowest BCUT2D eigenvalue weighted by Crippen LogP contribution is -2.17. The number of benzene rings is 3. The van der Waals surface area contributed by atoms with E-state index < -0.39 is 0 Å². The fraction of sp³-hybridized carbons (Fsp3) is 0.160. The van der Waals surface area contributed by atoms with E-state index >= 15 is 0 Å². The van der Waals surface area contributed by atoms with Gasteiger partial charge in [-0.05, 0) is 60.3 Å². The van der Waals surface area contributed by atoms with Gasteiger partial charge in [0, 0.05) is 18.4 Å². The number of aromatic nitrogens is 1. The van der Waals surface area contributed by atoms with Crippen LogP contribution in [0.5, 0.6) is 0 Å². The Morgan fingerprint density at radius 3 is 2.27 bits per heavy atom. The smallest absolute Gasteiger partial charge is 0.190 e. The highest BCUT2D eigenvalue weighted by Crippen LogP contribution is 2.23. The molecule has 0 saturated heterocycles. The zero-order valence-electron chi connectivity index (χ0n) is 16.7. The van der Waals surface area contributed by atoms with Gasteiger partial charge in [0.25, 0.3) is 0 Å². The van der Waals surface area contributed by atoms with Gasteiger partial charge in [-0.3, -0.25) is 0 Å². The average Bonchev–Trinajstić information content (AvgIpc) is 3.17. The van der Waals surface area contributed by atoms with E-state index in [2.05, 4.69) is 76.7 Å². The SMILES string of the molecule is NCCc1ccc(N=c2scc(-c3ccc(Cl)cc3)n2CCc2ccccc2)cc1.[HH]. The third kappa shape index (κ3) is 5.08. The molecule has 0 saturated carbocycles. The molecule has 3 nitrogen and oxygen atoms in total. The van der Waals surface area contributed by atoms with E-state index in [4.69, 9.17) is 22.3 Å². The van der Waals surface area contributed by atoms with Crippen molar-refractivity contribution in [1.82, 2.24) is 4.57 Å². The summed E-state index contributed by atoms with van der Waals surface area (Å²) in [6.07, 6.45) is 1.83. The highest BCUT2D eigenvalue weighted by atomic mass is 35.5. The molecule has 0 aliphatic carbocycles. The topological polar surface area (TPSA) is 43.3 Å². The molecule has 0 spiro atoms. The lowest BCUT2D eigenvalue weighted by atomic mass is 10.1. The summed E-state index contributed by atoms with van der Waals surface area (Å²) in [7, 11) is 0. The van der Waals surface area contributed by atoms with Gasteiger partial charge in [-0.2, -0.15) is 0 Å². The highest BCUT2D eigenvalue weighted by Gasteiger charge is 2.09. The number of hydrogen-bond donors (Lipinski definition) is 1. The molecule has 2 N–H and O–H groups in total. The van der Waals surface area contributed by atoms with Crippen LogP contribution in [0.4, 0.5) is 5.69 Å². The largest absolute Gasteiger partial charge is 0.330 e. The zero-order chi connectivity index (χ0) is 20.8. The Morgan fingerprint density at radius 1 is 0.867 bits per heavy atom. The molecular formula is C25H26ClN3S. The van der Waals surface area contributed by atoms with Crippen molar-refractivity contribution in [3.63, 3.8) is 0 Å². The minimum absolute atomic E-state index is 0. The van der Waals surface area contributed by atoms with Crippen LogP contribution in [0.25, 0.3) is 11.3 Å². The Morgan fingerprint density at radius 2 is 1.57 bits per heavy atom. The number of aryl methyl sites for hydroxylation is 1. The van der Waals surface area contributed by atoms with Crippen molar-refractivity contribution in [2.75, 3.05) is 6.54 Å². The molecular weight excluding hydrogens is 410 g/mol. The van der Waals surface area contributed by atoms with Gasteiger partial charge in [-0.25, -0.2) is 4.99 Å². The molecule has 4 aromatic rings. The van der Waals surface area contributed by atoms with E-state index in [9.17, 15) is 0 Å². The summed E-state index contributed by atoms with van der Waals surface area (Å²) < 4.78 is 2.30. The second kappa shape index (κ2) is 9.90.